The van der Waals surface area contributed by atoms with Crippen molar-refractivity contribution >= 4 is 5.97 Å². The lowest BCUT2D eigenvalue weighted by molar-refractivity contribution is -0.0434. The maximum absolute atomic E-state index is 12.4. The van der Waals surface area contributed by atoms with Crippen molar-refractivity contribution in [2.75, 3.05) is 113 Å². The average Bonchev–Trinajstić information content (AvgIpc) is 2.97. The number of aliphatic hydroxyl groups is 1. The van der Waals surface area contributed by atoms with E-state index in [1.807, 2.05) is 41.5 Å². The number of carbonyl (C=O) groups is 1. The lowest BCUT2D eigenvalue weighted by atomic mass is 10.2. The van der Waals surface area contributed by atoms with Crippen LogP contribution in [0.2, 0.25) is 0 Å². The summed E-state index contributed by atoms with van der Waals surface area (Å²) in [6.45, 7) is 16.9. The number of hydrogen-bond acceptors (Lipinski definition) is 13. The number of ether oxygens (including phenoxy) is 11. The lowest BCUT2D eigenvalue weighted by Gasteiger charge is -2.19. The third-order valence-electron chi connectivity index (χ3n) is 5.39. The lowest BCUT2D eigenvalue weighted by Crippen LogP contribution is -2.22. The molecule has 1 aromatic rings. The molecule has 0 aliphatic heterocycles. The molecule has 0 aromatic heterocycles. The molecule has 1 aromatic carbocycles. The van der Waals surface area contributed by atoms with E-state index in [4.69, 9.17) is 57.2 Å². The van der Waals surface area contributed by atoms with Crippen molar-refractivity contribution in [2.24, 2.45) is 0 Å². The highest BCUT2D eigenvalue weighted by atomic mass is 16.6. The van der Waals surface area contributed by atoms with Crippen LogP contribution in [0.5, 0.6) is 17.2 Å². The normalized spacial score (nSPS) is 11.9. The van der Waals surface area contributed by atoms with Crippen LogP contribution in [0, 0.1) is 0 Å². The maximum Gasteiger partial charge on any atom is 0.338 e. The molecule has 0 saturated carbocycles. The van der Waals surface area contributed by atoms with E-state index in [9.17, 15) is 4.79 Å². The second kappa shape index (κ2) is 24.0. The van der Waals surface area contributed by atoms with E-state index in [0.29, 0.717) is 58.6 Å². The molecular weight excluding hydrogens is 592 g/mol. The molecule has 0 aliphatic carbocycles. The highest BCUT2D eigenvalue weighted by Gasteiger charge is 2.20. The van der Waals surface area contributed by atoms with Gasteiger partial charge in [0.2, 0.25) is 5.75 Å². The van der Waals surface area contributed by atoms with Gasteiger partial charge < -0.3 is 57.2 Å². The summed E-state index contributed by atoms with van der Waals surface area (Å²) in [6.07, 6.45) is 0. The van der Waals surface area contributed by atoms with Crippen LogP contribution in [-0.4, -0.2) is 135 Å². The van der Waals surface area contributed by atoms with Gasteiger partial charge >= 0.3 is 5.97 Å². The highest BCUT2D eigenvalue weighted by molar-refractivity contribution is 5.91. The van der Waals surface area contributed by atoms with Crippen LogP contribution in [0.4, 0.5) is 0 Å². The number of hydrogen-bond donors (Lipinski definition) is 1. The van der Waals surface area contributed by atoms with Crippen molar-refractivity contribution in [3.05, 3.63) is 17.7 Å². The van der Waals surface area contributed by atoms with Crippen LogP contribution >= 0.6 is 0 Å². The van der Waals surface area contributed by atoms with Crippen molar-refractivity contribution in [3.8, 4) is 17.2 Å². The van der Waals surface area contributed by atoms with Gasteiger partial charge in [0.05, 0.1) is 110 Å². The van der Waals surface area contributed by atoms with Crippen LogP contribution in [0.25, 0.3) is 0 Å². The first-order chi connectivity index (χ1) is 21.5. The molecule has 262 valence electrons. The Balaban J connectivity index is 2.66. The summed E-state index contributed by atoms with van der Waals surface area (Å²) >= 11 is 0. The highest BCUT2D eigenvalue weighted by Crippen LogP contribution is 2.39. The largest absolute Gasteiger partial charge is 0.487 e. The van der Waals surface area contributed by atoms with Gasteiger partial charge in [-0.15, -0.1) is 0 Å². The predicted octanol–water partition coefficient (Wildman–Crippen LogP) is 3.32. The fourth-order valence-corrected chi connectivity index (χ4v) is 3.42. The summed E-state index contributed by atoms with van der Waals surface area (Å²) in [7, 11) is 1.29. The molecular formula is C32H56O13. The van der Waals surface area contributed by atoms with Crippen molar-refractivity contribution in [3.63, 3.8) is 0 Å². The molecule has 1 N–H and O–H groups in total. The Labute approximate surface area is 268 Å². The molecule has 0 atom stereocenters. The van der Waals surface area contributed by atoms with Gasteiger partial charge in [-0.3, -0.25) is 0 Å². The van der Waals surface area contributed by atoms with Crippen molar-refractivity contribution < 1.29 is 62.0 Å². The van der Waals surface area contributed by atoms with Crippen molar-refractivity contribution in [2.45, 2.75) is 52.7 Å². The Morgan fingerprint density at radius 3 is 1.29 bits per heavy atom. The third-order valence-corrected chi connectivity index (χ3v) is 5.39. The zero-order valence-electron chi connectivity index (χ0n) is 28.3. The summed E-state index contributed by atoms with van der Waals surface area (Å²) in [5, 5.41) is 8.96. The minimum Gasteiger partial charge on any atom is -0.487 e. The zero-order valence-corrected chi connectivity index (χ0v) is 28.3. The number of carbonyl (C=O) groups excluding carboxylic acids is 1. The SMILES string of the molecule is COC(=O)c1cc(OCCOCCOCCOC(C)(C)C)c(OCCOCCO)c(OCCOCCOCCOC(C)(C)C)c1. The standard InChI is InChI=1S/C32H56O13/c1-31(2,3)44-22-17-39-12-10-37-14-19-41-27-24-26(30(34)35-7)25-28(29(27)43-21-16-36-9-8-33)42-20-15-38-11-13-40-18-23-45-32(4,5)6/h24-25,33H,8-23H2,1-7H3. The van der Waals surface area contributed by atoms with Crippen LogP contribution in [0.15, 0.2) is 12.1 Å². The Morgan fingerprint density at radius 1 is 0.556 bits per heavy atom. The zero-order chi connectivity index (χ0) is 33.4. The van der Waals surface area contributed by atoms with Crippen molar-refractivity contribution in [1.82, 2.24) is 0 Å². The van der Waals surface area contributed by atoms with Gasteiger partial charge in [-0.05, 0) is 53.7 Å². The van der Waals surface area contributed by atoms with Gasteiger partial charge in [-0.25, -0.2) is 4.79 Å². The summed E-state index contributed by atoms with van der Waals surface area (Å²) in [6, 6.07) is 3.05. The molecule has 0 fully saturated rings. The first-order valence-electron chi connectivity index (χ1n) is 15.4. The first kappa shape index (κ1) is 40.8. The molecule has 0 unspecified atom stereocenters. The number of aliphatic hydroxyl groups excluding tert-OH is 1. The Hall–Kier alpha value is -2.23. The predicted molar refractivity (Wildman–Crippen MR) is 167 cm³/mol. The molecule has 13 heteroatoms. The quantitative estimate of drug-likeness (QED) is 0.110. The summed E-state index contributed by atoms with van der Waals surface area (Å²) in [4.78, 5) is 12.4. The summed E-state index contributed by atoms with van der Waals surface area (Å²) in [5.41, 5.74) is -0.175. The van der Waals surface area contributed by atoms with Gasteiger partial charge in [0.1, 0.15) is 19.8 Å². The number of rotatable bonds is 27. The molecule has 0 spiro atoms. The number of methoxy groups -OCH3 is 1. The van der Waals surface area contributed by atoms with Crippen LogP contribution in [0.1, 0.15) is 51.9 Å². The fraction of sp³-hybridized carbons (Fsp3) is 0.781. The molecule has 0 heterocycles. The topological polar surface area (TPSA) is 139 Å². The Bertz CT molecular complexity index is 841. The van der Waals surface area contributed by atoms with Gasteiger partial charge in [0.25, 0.3) is 0 Å². The molecule has 0 saturated heterocycles. The first-order valence-corrected chi connectivity index (χ1v) is 15.4. The molecule has 1 rings (SSSR count). The second-order valence-electron chi connectivity index (χ2n) is 11.5. The minimum absolute atomic E-state index is 0.0952. The Morgan fingerprint density at radius 2 is 0.911 bits per heavy atom. The van der Waals surface area contributed by atoms with E-state index in [1.165, 1.54) is 19.2 Å². The molecule has 0 aliphatic rings. The van der Waals surface area contributed by atoms with Gasteiger partial charge in [0.15, 0.2) is 11.5 Å². The minimum atomic E-state index is -0.560. The fourth-order valence-electron chi connectivity index (χ4n) is 3.42. The van der Waals surface area contributed by atoms with E-state index in [-0.39, 0.29) is 81.1 Å². The average molecular weight is 649 g/mol. The second-order valence-corrected chi connectivity index (χ2v) is 11.5. The number of esters is 1. The third kappa shape index (κ3) is 22.0. The van der Waals surface area contributed by atoms with Gasteiger partial charge in [0, 0.05) is 0 Å². The maximum atomic E-state index is 12.4. The van der Waals surface area contributed by atoms with Gasteiger partial charge in [-0.2, -0.15) is 0 Å². The van der Waals surface area contributed by atoms with Crippen molar-refractivity contribution in [1.29, 1.82) is 0 Å². The Kier molecular flexibility index (Phi) is 21.8. The molecule has 13 nitrogen and oxygen atoms in total. The van der Waals surface area contributed by atoms with E-state index in [1.54, 1.807) is 0 Å². The summed E-state index contributed by atoms with van der Waals surface area (Å²) in [5.74, 6) is 0.289. The number of benzene rings is 1. The van der Waals surface area contributed by atoms with E-state index in [0.717, 1.165) is 0 Å². The van der Waals surface area contributed by atoms with Gasteiger partial charge in [-0.1, -0.05) is 0 Å². The molecule has 0 radical (unpaired) electrons. The summed E-state index contributed by atoms with van der Waals surface area (Å²) < 4.78 is 61.6. The molecule has 0 bridgehead atoms. The smallest absolute Gasteiger partial charge is 0.338 e. The van der Waals surface area contributed by atoms with E-state index in [2.05, 4.69) is 0 Å². The van der Waals surface area contributed by atoms with Crippen LogP contribution < -0.4 is 14.2 Å². The monoisotopic (exact) mass is 648 g/mol. The van der Waals surface area contributed by atoms with Crippen LogP contribution in [-0.2, 0) is 37.9 Å². The van der Waals surface area contributed by atoms with Crippen LogP contribution in [0.3, 0.4) is 0 Å². The molecule has 45 heavy (non-hydrogen) atoms. The van der Waals surface area contributed by atoms with E-state index >= 15 is 0 Å². The molecule has 0 amide bonds. The van der Waals surface area contributed by atoms with E-state index < -0.39 is 5.97 Å².